The summed E-state index contributed by atoms with van der Waals surface area (Å²) in [5.74, 6) is 0.0619. The molecule has 2 atom stereocenters. The number of hydrogen-bond acceptors (Lipinski definition) is 3. The highest BCUT2D eigenvalue weighted by Gasteiger charge is 2.37. The van der Waals surface area contributed by atoms with Crippen molar-refractivity contribution in [1.29, 1.82) is 0 Å². The van der Waals surface area contributed by atoms with Crippen LogP contribution in [0.15, 0.2) is 18.2 Å². The minimum absolute atomic E-state index is 0.0957. The molecule has 2 unspecified atom stereocenters. The number of fused-ring (bicyclic) bond motifs is 1. The van der Waals surface area contributed by atoms with Gasteiger partial charge in [-0.25, -0.2) is 0 Å². The molecule has 18 heavy (non-hydrogen) atoms. The summed E-state index contributed by atoms with van der Waals surface area (Å²) in [7, 11) is 1.98. The Kier molecular flexibility index (Phi) is 2.74. The predicted octanol–water partition coefficient (Wildman–Crippen LogP) is 1.35. The van der Waals surface area contributed by atoms with E-state index in [9.17, 15) is 9.90 Å². The van der Waals surface area contributed by atoms with Crippen molar-refractivity contribution >= 4 is 5.97 Å². The van der Waals surface area contributed by atoms with Crippen molar-refractivity contribution in [1.82, 2.24) is 4.90 Å². The molecule has 0 aromatic heterocycles. The summed E-state index contributed by atoms with van der Waals surface area (Å²) >= 11 is 0. The number of carboxylic acids is 1. The first-order valence-corrected chi connectivity index (χ1v) is 6.32. The van der Waals surface area contributed by atoms with Crippen LogP contribution < -0.4 is 4.74 Å². The van der Waals surface area contributed by atoms with Crippen molar-refractivity contribution in [2.75, 3.05) is 26.7 Å². The SMILES string of the molecule is CN1CC(C(=O)O)C(c2ccc3c(c2)CCO3)C1. The third kappa shape index (κ3) is 1.86. The maximum atomic E-state index is 11.3. The molecule has 0 radical (unpaired) electrons. The lowest BCUT2D eigenvalue weighted by atomic mass is 9.88. The first-order chi connectivity index (χ1) is 8.65. The van der Waals surface area contributed by atoms with Gasteiger partial charge in [-0.3, -0.25) is 4.79 Å². The lowest BCUT2D eigenvalue weighted by Crippen LogP contribution is -2.21. The Morgan fingerprint density at radius 3 is 3.06 bits per heavy atom. The average Bonchev–Trinajstić information content (AvgIpc) is 2.93. The minimum atomic E-state index is -0.693. The van der Waals surface area contributed by atoms with E-state index in [1.807, 2.05) is 19.2 Å². The van der Waals surface area contributed by atoms with Gasteiger partial charge >= 0.3 is 5.97 Å². The fourth-order valence-electron chi connectivity index (χ4n) is 3.03. The maximum Gasteiger partial charge on any atom is 0.308 e. The van der Waals surface area contributed by atoms with Gasteiger partial charge in [-0.05, 0) is 24.2 Å². The third-order valence-corrected chi connectivity index (χ3v) is 3.96. The van der Waals surface area contributed by atoms with Gasteiger partial charge in [-0.1, -0.05) is 12.1 Å². The van der Waals surface area contributed by atoms with Gasteiger partial charge in [0.05, 0.1) is 12.5 Å². The van der Waals surface area contributed by atoms with Gasteiger partial charge < -0.3 is 14.7 Å². The summed E-state index contributed by atoms with van der Waals surface area (Å²) in [5, 5.41) is 9.30. The smallest absolute Gasteiger partial charge is 0.308 e. The van der Waals surface area contributed by atoms with E-state index >= 15 is 0 Å². The van der Waals surface area contributed by atoms with E-state index in [0.29, 0.717) is 6.54 Å². The highest BCUT2D eigenvalue weighted by Crippen LogP contribution is 2.35. The van der Waals surface area contributed by atoms with Gasteiger partial charge in [0, 0.05) is 25.4 Å². The molecule has 0 spiro atoms. The zero-order valence-electron chi connectivity index (χ0n) is 10.4. The first kappa shape index (κ1) is 11.5. The van der Waals surface area contributed by atoms with Crippen LogP contribution in [0.5, 0.6) is 5.75 Å². The second-order valence-electron chi connectivity index (χ2n) is 5.24. The fraction of sp³-hybridized carbons (Fsp3) is 0.500. The summed E-state index contributed by atoms with van der Waals surface area (Å²) in [6, 6.07) is 6.13. The van der Waals surface area contributed by atoms with Crippen LogP contribution in [0.4, 0.5) is 0 Å². The van der Waals surface area contributed by atoms with Crippen LogP contribution in [-0.4, -0.2) is 42.7 Å². The van der Waals surface area contributed by atoms with Crippen molar-refractivity contribution in [3.05, 3.63) is 29.3 Å². The largest absolute Gasteiger partial charge is 0.493 e. The number of benzene rings is 1. The van der Waals surface area contributed by atoms with E-state index in [1.54, 1.807) is 0 Å². The molecule has 0 amide bonds. The molecular formula is C14H17NO3. The molecule has 2 heterocycles. The maximum absolute atomic E-state index is 11.3. The normalized spacial score (nSPS) is 26.9. The van der Waals surface area contributed by atoms with Crippen LogP contribution >= 0.6 is 0 Å². The number of ether oxygens (including phenoxy) is 1. The zero-order chi connectivity index (χ0) is 12.7. The molecule has 2 aliphatic rings. The molecule has 4 heteroatoms. The molecule has 0 bridgehead atoms. The molecule has 2 aliphatic heterocycles. The van der Waals surface area contributed by atoms with Crippen LogP contribution in [0.1, 0.15) is 17.0 Å². The minimum Gasteiger partial charge on any atom is -0.493 e. The second-order valence-corrected chi connectivity index (χ2v) is 5.24. The summed E-state index contributed by atoms with van der Waals surface area (Å²) < 4.78 is 5.48. The first-order valence-electron chi connectivity index (χ1n) is 6.32. The van der Waals surface area contributed by atoms with E-state index in [-0.39, 0.29) is 11.8 Å². The molecule has 96 valence electrons. The molecule has 1 fully saturated rings. The number of hydrogen-bond donors (Lipinski definition) is 1. The van der Waals surface area contributed by atoms with Gasteiger partial charge in [0.2, 0.25) is 0 Å². The Hall–Kier alpha value is -1.55. The number of aliphatic carboxylic acids is 1. The van der Waals surface area contributed by atoms with Crippen LogP contribution in [-0.2, 0) is 11.2 Å². The van der Waals surface area contributed by atoms with Crippen LogP contribution in [0.25, 0.3) is 0 Å². The van der Waals surface area contributed by atoms with Crippen molar-refractivity contribution in [3.63, 3.8) is 0 Å². The van der Waals surface area contributed by atoms with Gasteiger partial charge in [0.1, 0.15) is 5.75 Å². The van der Waals surface area contributed by atoms with Crippen molar-refractivity contribution in [2.45, 2.75) is 12.3 Å². The van der Waals surface area contributed by atoms with Crippen molar-refractivity contribution < 1.29 is 14.6 Å². The highest BCUT2D eigenvalue weighted by atomic mass is 16.5. The van der Waals surface area contributed by atoms with Gasteiger partial charge in [-0.15, -0.1) is 0 Å². The number of rotatable bonds is 2. The zero-order valence-corrected chi connectivity index (χ0v) is 10.4. The number of carbonyl (C=O) groups is 1. The molecular weight excluding hydrogens is 230 g/mol. The van der Waals surface area contributed by atoms with E-state index in [4.69, 9.17) is 4.74 Å². The Morgan fingerprint density at radius 2 is 2.28 bits per heavy atom. The number of likely N-dealkylation sites (tertiary alicyclic amines) is 1. The lowest BCUT2D eigenvalue weighted by molar-refractivity contribution is -0.141. The monoisotopic (exact) mass is 247 g/mol. The lowest BCUT2D eigenvalue weighted by Gasteiger charge is -2.15. The molecule has 1 aromatic rings. The van der Waals surface area contributed by atoms with Crippen LogP contribution in [0.3, 0.4) is 0 Å². The molecule has 1 aromatic carbocycles. The van der Waals surface area contributed by atoms with Crippen LogP contribution in [0.2, 0.25) is 0 Å². The van der Waals surface area contributed by atoms with E-state index in [0.717, 1.165) is 30.9 Å². The van der Waals surface area contributed by atoms with E-state index < -0.39 is 5.97 Å². The number of likely N-dealkylation sites (N-methyl/N-ethyl adjacent to an activating group) is 1. The summed E-state index contributed by atoms with van der Waals surface area (Å²) in [6.45, 7) is 2.19. The molecule has 1 N–H and O–H groups in total. The molecule has 0 saturated carbocycles. The van der Waals surface area contributed by atoms with Gasteiger partial charge in [0.25, 0.3) is 0 Å². The van der Waals surface area contributed by atoms with Gasteiger partial charge in [-0.2, -0.15) is 0 Å². The Bertz CT molecular complexity index is 486. The Morgan fingerprint density at radius 1 is 1.44 bits per heavy atom. The van der Waals surface area contributed by atoms with Crippen molar-refractivity contribution in [3.8, 4) is 5.75 Å². The third-order valence-electron chi connectivity index (χ3n) is 3.96. The Labute approximate surface area is 106 Å². The van der Waals surface area contributed by atoms with Crippen LogP contribution in [0, 0.1) is 5.92 Å². The summed E-state index contributed by atoms with van der Waals surface area (Å²) in [6.07, 6.45) is 0.934. The average molecular weight is 247 g/mol. The molecule has 3 rings (SSSR count). The topological polar surface area (TPSA) is 49.8 Å². The summed E-state index contributed by atoms with van der Waals surface area (Å²) in [4.78, 5) is 13.4. The molecule has 1 saturated heterocycles. The second kappa shape index (κ2) is 4.28. The highest BCUT2D eigenvalue weighted by molar-refractivity contribution is 5.72. The molecule has 4 nitrogen and oxygen atoms in total. The molecule has 0 aliphatic carbocycles. The quantitative estimate of drug-likeness (QED) is 0.857. The standard InChI is InChI=1S/C14H17NO3/c1-15-7-11(12(8-15)14(16)17)9-2-3-13-10(6-9)4-5-18-13/h2-3,6,11-12H,4-5,7-8H2,1H3,(H,16,17). The number of carboxylic acid groups (broad SMARTS) is 1. The number of nitrogens with zero attached hydrogens (tertiary/aromatic N) is 1. The van der Waals surface area contributed by atoms with E-state index in [1.165, 1.54) is 5.56 Å². The van der Waals surface area contributed by atoms with Gasteiger partial charge in [0.15, 0.2) is 0 Å². The predicted molar refractivity (Wildman–Crippen MR) is 67.0 cm³/mol. The van der Waals surface area contributed by atoms with Crippen molar-refractivity contribution in [2.24, 2.45) is 5.92 Å². The van der Waals surface area contributed by atoms with E-state index in [2.05, 4.69) is 11.0 Å². The fourth-order valence-corrected chi connectivity index (χ4v) is 3.03. The summed E-state index contributed by atoms with van der Waals surface area (Å²) in [5.41, 5.74) is 2.35. The Balaban J connectivity index is 1.91.